The maximum Gasteiger partial charge on any atom is 0.301 e. The van der Waals surface area contributed by atoms with Crippen molar-refractivity contribution in [3.8, 4) is 28.7 Å². The summed E-state index contributed by atoms with van der Waals surface area (Å²) in [4.78, 5) is 33.4. The van der Waals surface area contributed by atoms with Crippen molar-refractivity contribution in [1.82, 2.24) is 4.98 Å². The van der Waals surface area contributed by atoms with Crippen LogP contribution in [0.25, 0.3) is 16.0 Å². The van der Waals surface area contributed by atoms with Gasteiger partial charge in [-0.3, -0.25) is 14.5 Å². The van der Waals surface area contributed by atoms with Gasteiger partial charge in [0.1, 0.15) is 24.7 Å². The Balaban J connectivity index is 1.53. The number of nitrogens with zero attached hydrogens (tertiary/aromatic N) is 2. The second kappa shape index (κ2) is 11.2. The second-order valence-corrected chi connectivity index (χ2v) is 10.4. The van der Waals surface area contributed by atoms with E-state index < -0.39 is 17.7 Å². The van der Waals surface area contributed by atoms with E-state index in [-0.39, 0.29) is 11.3 Å². The molecule has 11 heteroatoms. The number of rotatable bonds is 8. The molecule has 3 aromatic carbocycles. The van der Waals surface area contributed by atoms with Crippen molar-refractivity contribution < 1.29 is 38.4 Å². The van der Waals surface area contributed by atoms with E-state index in [2.05, 4.69) is 4.98 Å². The monoisotopic (exact) mass is 588 g/mol. The van der Waals surface area contributed by atoms with Crippen LogP contribution in [0.15, 0.2) is 60.2 Å². The predicted octanol–water partition coefficient (Wildman–Crippen LogP) is 5.50. The molecular formula is C31H28N2O8S. The molecule has 1 N–H and O–H groups in total. The number of aliphatic hydroxyl groups is 1. The minimum absolute atomic E-state index is 0.0860. The van der Waals surface area contributed by atoms with Gasteiger partial charge in [0.05, 0.1) is 42.2 Å². The Bertz CT molecular complexity index is 1730. The first-order valence-electron chi connectivity index (χ1n) is 13.5. The number of methoxy groups -OCH3 is 1. The Morgan fingerprint density at radius 1 is 0.976 bits per heavy atom. The summed E-state index contributed by atoms with van der Waals surface area (Å²) in [5.74, 6) is 0.590. The highest BCUT2D eigenvalue weighted by atomic mass is 32.1. The van der Waals surface area contributed by atoms with Crippen LogP contribution in [-0.4, -0.2) is 55.3 Å². The number of Topliss-reactive ketones (excluding diaryl/α,β-unsaturated/α-hetero) is 1. The molecule has 2 aliphatic heterocycles. The number of carbonyl (C=O) groups is 2. The molecule has 2 aliphatic rings. The first-order valence-corrected chi connectivity index (χ1v) is 14.3. The molecule has 1 fully saturated rings. The summed E-state index contributed by atoms with van der Waals surface area (Å²) in [5.41, 5.74) is 1.40. The highest BCUT2D eigenvalue weighted by Gasteiger charge is 2.48. The van der Waals surface area contributed by atoms with E-state index in [1.54, 1.807) is 48.5 Å². The van der Waals surface area contributed by atoms with E-state index in [1.165, 1.54) is 23.3 Å². The molecule has 1 saturated heterocycles. The summed E-state index contributed by atoms with van der Waals surface area (Å²) in [7, 11) is 1.51. The molecule has 10 nitrogen and oxygen atoms in total. The van der Waals surface area contributed by atoms with E-state index in [9.17, 15) is 14.7 Å². The normalized spacial score (nSPS) is 17.5. The van der Waals surface area contributed by atoms with Gasteiger partial charge in [0.2, 0.25) is 0 Å². The van der Waals surface area contributed by atoms with Crippen LogP contribution in [0.4, 0.5) is 5.13 Å². The van der Waals surface area contributed by atoms with Crippen LogP contribution >= 0.6 is 11.3 Å². The number of ether oxygens (including phenoxy) is 5. The average Bonchev–Trinajstić information content (AvgIpc) is 3.54. The number of fused-ring (bicyclic) bond motifs is 2. The number of benzene rings is 3. The van der Waals surface area contributed by atoms with Gasteiger partial charge < -0.3 is 28.8 Å². The maximum atomic E-state index is 13.7. The summed E-state index contributed by atoms with van der Waals surface area (Å²) in [6.07, 6.45) is 0. The zero-order valence-electron chi connectivity index (χ0n) is 23.2. The summed E-state index contributed by atoms with van der Waals surface area (Å²) < 4.78 is 29.0. The van der Waals surface area contributed by atoms with E-state index in [0.717, 1.165) is 4.70 Å². The standard InChI is InChI=1S/C31H28N2O8S/c1-4-38-19-8-9-20-25(16-19)42-31(32-20)33-27(17-6-10-21(39-5-2)23(14-17)37-3)26(29(35)30(33)36)28(34)18-7-11-22-24(15-18)41-13-12-40-22/h6-11,14-16,27,34H,4-5,12-13H2,1-3H3/b28-26+/t27-/m1/s1. The van der Waals surface area contributed by atoms with Gasteiger partial charge in [-0.2, -0.15) is 0 Å². The molecule has 0 bridgehead atoms. The predicted molar refractivity (Wildman–Crippen MR) is 157 cm³/mol. The van der Waals surface area contributed by atoms with Crippen molar-refractivity contribution in [3.63, 3.8) is 0 Å². The largest absolute Gasteiger partial charge is 0.507 e. The lowest BCUT2D eigenvalue weighted by Gasteiger charge is -2.24. The summed E-state index contributed by atoms with van der Waals surface area (Å²) in [6, 6.07) is 14.5. The smallest absolute Gasteiger partial charge is 0.301 e. The number of carbonyl (C=O) groups excluding carboxylic acids is 2. The Kier molecular flexibility index (Phi) is 7.34. The number of amides is 1. The summed E-state index contributed by atoms with van der Waals surface area (Å²) >= 11 is 1.25. The molecule has 42 heavy (non-hydrogen) atoms. The van der Waals surface area contributed by atoms with Crippen LogP contribution in [0.5, 0.6) is 28.7 Å². The third-order valence-corrected chi connectivity index (χ3v) is 7.95. The Labute approximate surface area is 245 Å². The van der Waals surface area contributed by atoms with E-state index in [4.69, 9.17) is 23.7 Å². The minimum atomic E-state index is -1.00. The average molecular weight is 589 g/mol. The molecule has 216 valence electrons. The molecule has 1 amide bonds. The molecule has 0 saturated carbocycles. The summed E-state index contributed by atoms with van der Waals surface area (Å²) in [5, 5.41) is 11.9. The number of hydrogen-bond donors (Lipinski definition) is 1. The lowest BCUT2D eigenvalue weighted by Crippen LogP contribution is -2.29. The highest BCUT2D eigenvalue weighted by Crippen LogP contribution is 2.46. The van der Waals surface area contributed by atoms with E-state index >= 15 is 0 Å². The number of aromatic nitrogens is 1. The van der Waals surface area contributed by atoms with Crippen LogP contribution in [0.3, 0.4) is 0 Å². The van der Waals surface area contributed by atoms with Crippen molar-refractivity contribution in [3.05, 3.63) is 71.3 Å². The molecule has 1 atom stereocenters. The van der Waals surface area contributed by atoms with Crippen molar-refractivity contribution >= 4 is 44.1 Å². The van der Waals surface area contributed by atoms with Crippen LogP contribution in [0.2, 0.25) is 0 Å². The van der Waals surface area contributed by atoms with Gasteiger partial charge in [0.15, 0.2) is 28.1 Å². The van der Waals surface area contributed by atoms with Gasteiger partial charge in [0, 0.05) is 5.56 Å². The van der Waals surface area contributed by atoms with Crippen LogP contribution < -0.4 is 28.6 Å². The topological polar surface area (TPSA) is 117 Å². The first-order chi connectivity index (χ1) is 20.4. The zero-order valence-corrected chi connectivity index (χ0v) is 24.0. The third kappa shape index (κ3) is 4.75. The Morgan fingerprint density at radius 3 is 2.52 bits per heavy atom. The molecule has 0 spiro atoms. The SMILES string of the molecule is CCOc1ccc2nc(N3C(=O)C(=O)/C(=C(/O)c4ccc5c(c4)OCCO5)[C@H]3c3ccc(OCC)c(OC)c3)sc2c1. The third-order valence-electron chi connectivity index (χ3n) is 6.93. The molecular weight excluding hydrogens is 560 g/mol. The van der Waals surface area contributed by atoms with Crippen LogP contribution in [0.1, 0.15) is 31.0 Å². The van der Waals surface area contributed by atoms with Gasteiger partial charge in [-0.1, -0.05) is 17.4 Å². The minimum Gasteiger partial charge on any atom is -0.507 e. The molecule has 4 aromatic rings. The van der Waals surface area contributed by atoms with Crippen molar-refractivity contribution in [2.45, 2.75) is 19.9 Å². The fraction of sp³-hybridized carbons (Fsp3) is 0.258. The molecule has 3 heterocycles. The number of hydrogen-bond acceptors (Lipinski definition) is 10. The van der Waals surface area contributed by atoms with Crippen molar-refractivity contribution in [2.75, 3.05) is 38.4 Å². The fourth-order valence-electron chi connectivity index (χ4n) is 5.07. The van der Waals surface area contributed by atoms with Crippen molar-refractivity contribution in [1.29, 1.82) is 0 Å². The number of thiazole rings is 1. The van der Waals surface area contributed by atoms with Gasteiger partial charge in [-0.15, -0.1) is 0 Å². The van der Waals surface area contributed by atoms with Gasteiger partial charge >= 0.3 is 5.91 Å². The number of anilines is 1. The second-order valence-electron chi connectivity index (χ2n) is 9.43. The summed E-state index contributed by atoms with van der Waals surface area (Å²) in [6.45, 7) is 5.46. The first kappa shape index (κ1) is 27.4. The quantitative estimate of drug-likeness (QED) is 0.162. The molecule has 1 aromatic heterocycles. The number of aliphatic hydroxyl groups excluding tert-OH is 1. The maximum absolute atomic E-state index is 13.7. The Morgan fingerprint density at radius 2 is 1.76 bits per heavy atom. The van der Waals surface area contributed by atoms with E-state index in [0.29, 0.717) is 77.0 Å². The van der Waals surface area contributed by atoms with Crippen molar-refractivity contribution in [2.24, 2.45) is 0 Å². The molecule has 0 unspecified atom stereocenters. The highest BCUT2D eigenvalue weighted by molar-refractivity contribution is 7.22. The zero-order chi connectivity index (χ0) is 29.4. The molecule has 0 aliphatic carbocycles. The Hall–Kier alpha value is -4.77. The fourth-order valence-corrected chi connectivity index (χ4v) is 6.09. The van der Waals surface area contributed by atoms with Crippen LogP contribution in [0, 0.1) is 0 Å². The number of ketones is 1. The lowest BCUT2D eigenvalue weighted by atomic mass is 9.95. The molecule has 6 rings (SSSR count). The van der Waals surface area contributed by atoms with Gasteiger partial charge in [-0.05, 0) is 67.9 Å². The van der Waals surface area contributed by atoms with Crippen LogP contribution in [-0.2, 0) is 9.59 Å². The van der Waals surface area contributed by atoms with Gasteiger partial charge in [-0.25, -0.2) is 4.98 Å². The molecule has 0 radical (unpaired) electrons. The lowest BCUT2D eigenvalue weighted by molar-refractivity contribution is -0.132. The van der Waals surface area contributed by atoms with E-state index in [1.807, 2.05) is 19.9 Å². The van der Waals surface area contributed by atoms with Gasteiger partial charge in [0.25, 0.3) is 5.78 Å².